The van der Waals surface area contributed by atoms with Crippen molar-refractivity contribution < 1.29 is 4.79 Å². The lowest BCUT2D eigenvalue weighted by Crippen LogP contribution is -2.29. The van der Waals surface area contributed by atoms with E-state index in [1.807, 2.05) is 0 Å². The van der Waals surface area contributed by atoms with Crippen molar-refractivity contribution in [2.45, 2.75) is 38.0 Å². The van der Waals surface area contributed by atoms with Crippen LogP contribution in [0, 0.1) is 0 Å². The number of hydrogen-bond donors (Lipinski definition) is 2. The maximum atomic E-state index is 11.4. The number of anilines is 2. The van der Waals surface area contributed by atoms with E-state index in [4.69, 9.17) is 11.5 Å². The maximum Gasteiger partial charge on any atom is 0.260 e. The summed E-state index contributed by atoms with van der Waals surface area (Å²) in [4.78, 5) is 14.4. The molecule has 18 heavy (non-hydrogen) atoms. The quantitative estimate of drug-likeness (QED) is 0.880. The molecule has 2 fully saturated rings. The van der Waals surface area contributed by atoms with Crippen LogP contribution in [0.15, 0.2) is 0 Å². The number of hydrogen-bond acceptors (Lipinski definition) is 4. The molecule has 1 amide bonds. The number of nitrogen functional groups attached to an aromatic ring is 1. The van der Waals surface area contributed by atoms with E-state index in [2.05, 4.69) is 4.90 Å². The van der Waals surface area contributed by atoms with Crippen LogP contribution in [-0.2, 0) is 0 Å². The summed E-state index contributed by atoms with van der Waals surface area (Å²) in [5, 5.41) is 1.21. The zero-order valence-corrected chi connectivity index (χ0v) is 11.3. The first-order valence-electron chi connectivity index (χ1n) is 6.65. The summed E-state index contributed by atoms with van der Waals surface area (Å²) < 4.78 is 0. The molecule has 1 aromatic rings. The number of thiophene rings is 1. The molecule has 0 aromatic carbocycles. The zero-order valence-electron chi connectivity index (χ0n) is 10.4. The highest BCUT2D eigenvalue weighted by molar-refractivity contribution is 7.18. The Hall–Kier alpha value is -1.23. The van der Waals surface area contributed by atoms with Crippen molar-refractivity contribution in [1.29, 1.82) is 0 Å². The number of piperidine rings is 1. The average Bonchev–Trinajstić information content (AvgIpc) is 3.14. The summed E-state index contributed by atoms with van der Waals surface area (Å²) in [6.07, 6.45) is 6.15. The van der Waals surface area contributed by atoms with Gasteiger partial charge in [-0.15, -0.1) is 11.3 Å². The average molecular weight is 265 g/mol. The van der Waals surface area contributed by atoms with Crippen LogP contribution in [-0.4, -0.2) is 19.0 Å². The zero-order chi connectivity index (χ0) is 12.7. The van der Waals surface area contributed by atoms with Crippen LogP contribution >= 0.6 is 11.3 Å². The highest BCUT2D eigenvalue weighted by Crippen LogP contribution is 2.52. The van der Waals surface area contributed by atoms with Crippen LogP contribution < -0.4 is 16.4 Å². The Kier molecular flexibility index (Phi) is 2.93. The number of amides is 1. The SMILES string of the molecule is NC(=O)c1sc(N2CCCCC2)c(C2CC2)c1N. The number of carbonyl (C=O) groups is 1. The summed E-state index contributed by atoms with van der Waals surface area (Å²) in [6, 6.07) is 0. The van der Waals surface area contributed by atoms with E-state index in [0.29, 0.717) is 16.5 Å². The molecule has 2 aliphatic rings. The topological polar surface area (TPSA) is 72.4 Å². The maximum absolute atomic E-state index is 11.4. The predicted molar refractivity (Wildman–Crippen MR) is 75.3 cm³/mol. The van der Waals surface area contributed by atoms with Crippen LogP contribution in [0.1, 0.15) is 53.3 Å². The standard InChI is InChI=1S/C13H19N3OS/c14-10-9(8-4-5-8)13(18-11(10)12(15)17)16-6-2-1-3-7-16/h8H,1-7,14H2,(H2,15,17). The number of primary amides is 1. The normalized spacial score (nSPS) is 20.1. The third kappa shape index (κ3) is 1.96. The second-order valence-electron chi connectivity index (χ2n) is 5.25. The molecule has 4 N–H and O–H groups in total. The third-order valence-electron chi connectivity index (χ3n) is 3.82. The molecule has 1 aromatic heterocycles. The second kappa shape index (κ2) is 4.46. The van der Waals surface area contributed by atoms with Crippen LogP contribution in [0.3, 0.4) is 0 Å². The molecule has 2 heterocycles. The number of carbonyl (C=O) groups excluding carboxylic acids is 1. The molecule has 0 spiro atoms. The molecule has 0 radical (unpaired) electrons. The second-order valence-corrected chi connectivity index (χ2v) is 6.25. The molecule has 4 nitrogen and oxygen atoms in total. The van der Waals surface area contributed by atoms with Crippen LogP contribution in [0.4, 0.5) is 10.7 Å². The lowest BCUT2D eigenvalue weighted by molar-refractivity contribution is 0.100. The highest BCUT2D eigenvalue weighted by Gasteiger charge is 2.34. The molecule has 1 saturated carbocycles. The van der Waals surface area contributed by atoms with E-state index in [1.165, 1.54) is 54.0 Å². The first kappa shape index (κ1) is 11.8. The van der Waals surface area contributed by atoms with Gasteiger partial charge in [0, 0.05) is 18.7 Å². The van der Waals surface area contributed by atoms with Crippen LogP contribution in [0.25, 0.3) is 0 Å². The van der Waals surface area contributed by atoms with E-state index in [1.54, 1.807) is 0 Å². The van der Waals surface area contributed by atoms with Gasteiger partial charge in [-0.2, -0.15) is 0 Å². The van der Waals surface area contributed by atoms with Crippen molar-refractivity contribution in [1.82, 2.24) is 0 Å². The minimum Gasteiger partial charge on any atom is -0.397 e. The van der Waals surface area contributed by atoms with Gasteiger partial charge in [-0.3, -0.25) is 4.79 Å². The number of rotatable bonds is 3. The summed E-state index contributed by atoms with van der Waals surface area (Å²) in [5.41, 5.74) is 13.4. The first-order valence-corrected chi connectivity index (χ1v) is 7.47. The Bertz CT molecular complexity index is 473. The van der Waals surface area contributed by atoms with Gasteiger partial charge in [0.25, 0.3) is 5.91 Å². The van der Waals surface area contributed by atoms with E-state index in [9.17, 15) is 4.79 Å². The van der Waals surface area contributed by atoms with Crippen LogP contribution in [0.2, 0.25) is 0 Å². The van der Waals surface area contributed by atoms with Crippen molar-refractivity contribution in [3.63, 3.8) is 0 Å². The van der Waals surface area contributed by atoms with Crippen molar-refractivity contribution in [3.05, 3.63) is 10.4 Å². The van der Waals surface area contributed by atoms with Gasteiger partial charge in [0.2, 0.25) is 0 Å². The van der Waals surface area contributed by atoms with Gasteiger partial charge in [-0.25, -0.2) is 0 Å². The molecule has 0 unspecified atom stereocenters. The molecule has 5 heteroatoms. The van der Waals surface area contributed by atoms with Gasteiger partial charge < -0.3 is 16.4 Å². The van der Waals surface area contributed by atoms with Crippen molar-refractivity contribution in [3.8, 4) is 0 Å². The van der Waals surface area contributed by atoms with Crippen molar-refractivity contribution >= 4 is 27.9 Å². The van der Waals surface area contributed by atoms with E-state index >= 15 is 0 Å². The smallest absolute Gasteiger partial charge is 0.260 e. The fourth-order valence-corrected chi connectivity index (χ4v) is 3.94. The van der Waals surface area contributed by atoms with Gasteiger partial charge in [0.05, 0.1) is 10.7 Å². The van der Waals surface area contributed by atoms with Crippen LogP contribution in [0.5, 0.6) is 0 Å². The predicted octanol–water partition coefficient (Wildman–Crippen LogP) is 2.30. The van der Waals surface area contributed by atoms with E-state index in [-0.39, 0.29) is 5.91 Å². The van der Waals surface area contributed by atoms with E-state index < -0.39 is 0 Å². The lowest BCUT2D eigenvalue weighted by Gasteiger charge is -2.28. The molecular formula is C13H19N3OS. The molecule has 98 valence electrons. The minimum atomic E-state index is -0.386. The van der Waals surface area contributed by atoms with Gasteiger partial charge in [-0.05, 0) is 38.0 Å². The largest absolute Gasteiger partial charge is 0.397 e. The Labute approximate surface area is 111 Å². The monoisotopic (exact) mass is 265 g/mol. The summed E-state index contributed by atoms with van der Waals surface area (Å²) in [7, 11) is 0. The lowest BCUT2D eigenvalue weighted by atomic mass is 10.1. The molecule has 0 bridgehead atoms. The summed E-state index contributed by atoms with van der Waals surface area (Å²) >= 11 is 1.50. The third-order valence-corrected chi connectivity index (χ3v) is 5.11. The summed E-state index contributed by atoms with van der Waals surface area (Å²) in [6.45, 7) is 2.16. The number of nitrogens with zero attached hydrogens (tertiary/aromatic N) is 1. The first-order chi connectivity index (χ1) is 8.68. The van der Waals surface area contributed by atoms with E-state index in [0.717, 1.165) is 13.1 Å². The number of nitrogens with two attached hydrogens (primary N) is 2. The van der Waals surface area contributed by atoms with Gasteiger partial charge >= 0.3 is 0 Å². The molecular weight excluding hydrogens is 246 g/mol. The van der Waals surface area contributed by atoms with Crippen molar-refractivity contribution in [2.75, 3.05) is 23.7 Å². The summed E-state index contributed by atoms with van der Waals surface area (Å²) in [5.74, 6) is 0.175. The van der Waals surface area contributed by atoms with Gasteiger partial charge in [0.1, 0.15) is 4.88 Å². The minimum absolute atomic E-state index is 0.386. The Balaban J connectivity index is 2.00. The fraction of sp³-hybridized carbons (Fsp3) is 0.615. The molecule has 0 atom stereocenters. The Morgan fingerprint density at radius 3 is 2.44 bits per heavy atom. The van der Waals surface area contributed by atoms with Gasteiger partial charge in [0.15, 0.2) is 0 Å². The fourth-order valence-electron chi connectivity index (χ4n) is 2.73. The molecule has 3 rings (SSSR count). The van der Waals surface area contributed by atoms with Gasteiger partial charge in [-0.1, -0.05) is 0 Å². The Morgan fingerprint density at radius 1 is 1.22 bits per heavy atom. The molecule has 1 saturated heterocycles. The molecule has 1 aliphatic carbocycles. The Morgan fingerprint density at radius 2 is 1.89 bits per heavy atom. The molecule has 1 aliphatic heterocycles. The van der Waals surface area contributed by atoms with Crippen molar-refractivity contribution in [2.24, 2.45) is 5.73 Å². The highest BCUT2D eigenvalue weighted by atomic mass is 32.1.